The van der Waals surface area contributed by atoms with Crippen molar-refractivity contribution in [3.05, 3.63) is 36.6 Å². The van der Waals surface area contributed by atoms with Crippen molar-refractivity contribution >= 4 is 0 Å². The van der Waals surface area contributed by atoms with Crippen LogP contribution in [0.5, 0.6) is 0 Å². The molecule has 13 heavy (non-hydrogen) atoms. The van der Waals surface area contributed by atoms with Gasteiger partial charge in [-0.05, 0) is 19.1 Å². The summed E-state index contributed by atoms with van der Waals surface area (Å²) in [6.07, 6.45) is 6.39. The van der Waals surface area contributed by atoms with E-state index in [4.69, 9.17) is 15.6 Å². The molecule has 0 bridgehead atoms. The smallest absolute Gasteiger partial charge is 0.119 e. The molecule has 1 unspecified atom stereocenters. The predicted octanol–water partition coefficient (Wildman–Crippen LogP) is 0.969. The van der Waals surface area contributed by atoms with E-state index in [2.05, 4.69) is 6.58 Å². The van der Waals surface area contributed by atoms with Crippen molar-refractivity contribution in [3.63, 3.8) is 0 Å². The molecule has 1 atom stereocenters. The van der Waals surface area contributed by atoms with Gasteiger partial charge in [-0.25, -0.2) is 0 Å². The van der Waals surface area contributed by atoms with Gasteiger partial charge in [-0.1, -0.05) is 18.7 Å². The molecule has 0 aliphatic heterocycles. The second-order valence-corrected chi connectivity index (χ2v) is 2.51. The zero-order valence-electron chi connectivity index (χ0n) is 7.94. The average Bonchev–Trinajstić information content (AvgIpc) is 2.14. The van der Waals surface area contributed by atoms with Crippen molar-refractivity contribution in [1.29, 1.82) is 0 Å². The van der Waals surface area contributed by atoms with Gasteiger partial charge in [0, 0.05) is 6.54 Å². The van der Waals surface area contributed by atoms with E-state index in [1.165, 1.54) is 0 Å². The van der Waals surface area contributed by atoms with Crippen LogP contribution in [0.15, 0.2) is 36.6 Å². The van der Waals surface area contributed by atoms with Gasteiger partial charge in [-0.3, -0.25) is 0 Å². The van der Waals surface area contributed by atoms with Crippen LogP contribution in [0.3, 0.4) is 0 Å². The molecule has 0 aromatic carbocycles. The van der Waals surface area contributed by atoms with Gasteiger partial charge in [-0.15, -0.1) is 0 Å². The highest BCUT2D eigenvalue weighted by molar-refractivity contribution is 5.16. The highest BCUT2D eigenvalue weighted by atomic mass is 16.5. The Morgan fingerprint density at radius 1 is 1.69 bits per heavy atom. The topological polar surface area (TPSA) is 55.5 Å². The summed E-state index contributed by atoms with van der Waals surface area (Å²) in [7, 11) is 0. The maximum absolute atomic E-state index is 9.12. The van der Waals surface area contributed by atoms with Gasteiger partial charge in [0.1, 0.15) is 18.5 Å². The Morgan fingerprint density at radius 2 is 2.38 bits per heavy atom. The molecule has 0 aromatic rings. The number of ether oxygens (including phenoxy) is 1. The van der Waals surface area contributed by atoms with Crippen LogP contribution in [-0.4, -0.2) is 24.4 Å². The lowest BCUT2D eigenvalue weighted by molar-refractivity contribution is 0.0814. The molecule has 3 nitrogen and oxygen atoms in total. The van der Waals surface area contributed by atoms with E-state index in [0.717, 1.165) is 0 Å². The molecule has 0 radical (unpaired) electrons. The van der Waals surface area contributed by atoms with Crippen molar-refractivity contribution < 1.29 is 9.84 Å². The monoisotopic (exact) mass is 183 g/mol. The molecule has 0 rings (SSSR count). The Balaban J connectivity index is 3.97. The Morgan fingerprint density at radius 3 is 2.85 bits per heavy atom. The molecule has 0 spiro atoms. The van der Waals surface area contributed by atoms with Crippen LogP contribution in [0.25, 0.3) is 0 Å². The Kier molecular flexibility index (Phi) is 6.96. The van der Waals surface area contributed by atoms with Crippen LogP contribution < -0.4 is 5.73 Å². The van der Waals surface area contributed by atoms with E-state index in [1.54, 1.807) is 18.2 Å². The van der Waals surface area contributed by atoms with Crippen molar-refractivity contribution in [1.82, 2.24) is 0 Å². The summed E-state index contributed by atoms with van der Waals surface area (Å²) < 4.78 is 5.25. The van der Waals surface area contributed by atoms with Crippen LogP contribution in [0.4, 0.5) is 0 Å². The molecule has 0 amide bonds. The minimum Gasteiger partial charge on any atom is -0.491 e. The fourth-order valence-corrected chi connectivity index (χ4v) is 0.693. The number of allylic oxidation sites excluding steroid dienone is 4. The molecule has 0 aromatic heterocycles. The number of aliphatic hydroxyl groups excluding tert-OH is 1. The summed E-state index contributed by atoms with van der Waals surface area (Å²) in [5, 5.41) is 9.12. The second-order valence-electron chi connectivity index (χ2n) is 2.51. The summed E-state index contributed by atoms with van der Waals surface area (Å²) in [6, 6.07) is 0. The molecule has 0 fully saturated rings. The highest BCUT2D eigenvalue weighted by Gasteiger charge is 2.01. The first kappa shape index (κ1) is 11.9. The zero-order valence-corrected chi connectivity index (χ0v) is 7.94. The molecule has 3 heteroatoms. The van der Waals surface area contributed by atoms with Crippen molar-refractivity contribution in [2.75, 3.05) is 13.2 Å². The van der Waals surface area contributed by atoms with E-state index in [0.29, 0.717) is 5.76 Å². The standard InChI is InChI=1S/C10H17NO2/c1-3-5-10(6-4-2)13-8-9(12)7-11/h3-6,9,12H,1,7-8,11H2,2H3/b6-4-,10-5+. The number of hydrogen-bond donors (Lipinski definition) is 2. The van der Waals surface area contributed by atoms with E-state index < -0.39 is 6.10 Å². The Bertz CT molecular complexity index is 197. The molecule has 3 N–H and O–H groups in total. The van der Waals surface area contributed by atoms with Crippen LogP contribution in [0.1, 0.15) is 6.92 Å². The van der Waals surface area contributed by atoms with Gasteiger partial charge >= 0.3 is 0 Å². The number of nitrogens with two attached hydrogens (primary N) is 1. The minimum absolute atomic E-state index is 0.206. The van der Waals surface area contributed by atoms with Crippen LogP contribution in [0, 0.1) is 0 Å². The van der Waals surface area contributed by atoms with Gasteiger partial charge < -0.3 is 15.6 Å². The third-order valence-electron chi connectivity index (χ3n) is 1.33. The maximum atomic E-state index is 9.12. The summed E-state index contributed by atoms with van der Waals surface area (Å²) in [5.74, 6) is 0.671. The first-order chi connectivity index (χ1) is 6.24. The molecule has 74 valence electrons. The van der Waals surface area contributed by atoms with Crippen LogP contribution in [0.2, 0.25) is 0 Å². The van der Waals surface area contributed by atoms with E-state index in [1.807, 2.05) is 13.0 Å². The molecule has 0 saturated heterocycles. The third-order valence-corrected chi connectivity index (χ3v) is 1.33. The zero-order chi connectivity index (χ0) is 10.1. The SMILES string of the molecule is C=C/C=C(\C=C/C)OCC(O)CN. The van der Waals surface area contributed by atoms with E-state index in [-0.39, 0.29) is 13.2 Å². The van der Waals surface area contributed by atoms with Gasteiger partial charge in [0.25, 0.3) is 0 Å². The third kappa shape index (κ3) is 6.13. The molecule has 0 aliphatic carbocycles. The van der Waals surface area contributed by atoms with Crippen LogP contribution >= 0.6 is 0 Å². The molecule has 0 saturated carbocycles. The predicted molar refractivity (Wildman–Crippen MR) is 54.1 cm³/mol. The molecular weight excluding hydrogens is 166 g/mol. The molecule has 0 heterocycles. The Labute approximate surface area is 79.2 Å². The molecular formula is C10H17NO2. The summed E-state index contributed by atoms with van der Waals surface area (Å²) >= 11 is 0. The van der Waals surface area contributed by atoms with Gasteiger partial charge in [0.05, 0.1) is 0 Å². The van der Waals surface area contributed by atoms with Crippen molar-refractivity contribution in [2.24, 2.45) is 5.73 Å². The van der Waals surface area contributed by atoms with E-state index >= 15 is 0 Å². The van der Waals surface area contributed by atoms with Gasteiger partial charge in [-0.2, -0.15) is 0 Å². The van der Waals surface area contributed by atoms with Gasteiger partial charge in [0.15, 0.2) is 0 Å². The fourth-order valence-electron chi connectivity index (χ4n) is 0.693. The maximum Gasteiger partial charge on any atom is 0.119 e. The minimum atomic E-state index is -0.613. The summed E-state index contributed by atoms with van der Waals surface area (Å²) in [6.45, 7) is 5.86. The Hall–Kier alpha value is -1.06. The quantitative estimate of drug-likeness (QED) is 0.476. The van der Waals surface area contributed by atoms with Crippen LogP contribution in [-0.2, 0) is 4.74 Å². The fraction of sp³-hybridized carbons (Fsp3) is 0.400. The summed E-state index contributed by atoms with van der Waals surface area (Å²) in [5.41, 5.74) is 5.22. The average molecular weight is 183 g/mol. The van der Waals surface area contributed by atoms with E-state index in [9.17, 15) is 0 Å². The summed E-state index contributed by atoms with van der Waals surface area (Å²) in [4.78, 5) is 0. The normalized spacial score (nSPS) is 14.5. The first-order valence-corrected chi connectivity index (χ1v) is 4.21. The van der Waals surface area contributed by atoms with Crippen molar-refractivity contribution in [2.45, 2.75) is 13.0 Å². The second kappa shape index (κ2) is 7.58. The number of aliphatic hydroxyl groups is 1. The lowest BCUT2D eigenvalue weighted by Gasteiger charge is -2.10. The first-order valence-electron chi connectivity index (χ1n) is 4.21. The number of hydrogen-bond acceptors (Lipinski definition) is 3. The van der Waals surface area contributed by atoms with Gasteiger partial charge in [0.2, 0.25) is 0 Å². The lowest BCUT2D eigenvalue weighted by Crippen LogP contribution is -2.24. The number of rotatable bonds is 6. The lowest BCUT2D eigenvalue weighted by atomic mass is 10.3. The molecule has 0 aliphatic rings. The highest BCUT2D eigenvalue weighted by Crippen LogP contribution is 2.00. The van der Waals surface area contributed by atoms with Crippen molar-refractivity contribution in [3.8, 4) is 0 Å². The largest absolute Gasteiger partial charge is 0.491 e.